The summed E-state index contributed by atoms with van der Waals surface area (Å²) in [5, 5.41) is 43.0. The first-order valence-corrected chi connectivity index (χ1v) is 8.63. The third kappa shape index (κ3) is 11.7. The van der Waals surface area contributed by atoms with E-state index < -0.39 is 65.7 Å². The Balaban J connectivity index is 0. The zero-order chi connectivity index (χ0) is 22.5. The summed E-state index contributed by atoms with van der Waals surface area (Å²) in [6.07, 6.45) is 1.05. The Bertz CT molecular complexity index is 602. The minimum Gasteiger partial charge on any atom is -0.481 e. The molecule has 5 N–H and O–H groups in total. The number of hydrogen-bond acceptors (Lipinski definition) is 5. The molecule has 0 saturated carbocycles. The fourth-order valence-corrected chi connectivity index (χ4v) is 2.15. The molecule has 0 saturated heterocycles. The van der Waals surface area contributed by atoms with E-state index in [1.807, 2.05) is 13.8 Å². The van der Waals surface area contributed by atoms with Crippen molar-refractivity contribution in [3.63, 3.8) is 0 Å². The molecule has 0 heterocycles. The zero-order valence-corrected chi connectivity index (χ0v) is 16.2. The van der Waals surface area contributed by atoms with Crippen LogP contribution in [0, 0.1) is 5.41 Å². The second-order valence-corrected chi connectivity index (χ2v) is 6.42. The summed E-state index contributed by atoms with van der Waals surface area (Å²) in [6, 6.07) is 0. The lowest BCUT2D eigenvalue weighted by Crippen LogP contribution is -2.26. The van der Waals surface area contributed by atoms with E-state index in [4.69, 9.17) is 25.5 Å². The van der Waals surface area contributed by atoms with Gasteiger partial charge in [0, 0.05) is 5.57 Å². The Hall–Kier alpha value is -2.91. The summed E-state index contributed by atoms with van der Waals surface area (Å²) in [5.74, 6) is -6.62. The van der Waals surface area contributed by atoms with Crippen LogP contribution in [-0.4, -0.2) is 55.4 Å². The molecule has 0 spiro atoms. The van der Waals surface area contributed by atoms with E-state index >= 15 is 0 Å². The predicted octanol–water partition coefficient (Wildman–Crippen LogP) is 2.47. The van der Waals surface area contributed by atoms with E-state index in [1.165, 1.54) is 0 Å². The number of carboxylic acids is 5. The van der Waals surface area contributed by atoms with Gasteiger partial charge in [0.25, 0.3) is 0 Å². The van der Waals surface area contributed by atoms with Gasteiger partial charge in [0.2, 0.25) is 0 Å². The monoisotopic (exact) mass is 404 g/mol. The largest absolute Gasteiger partial charge is 0.481 e. The van der Waals surface area contributed by atoms with E-state index in [-0.39, 0.29) is 0 Å². The summed E-state index contributed by atoms with van der Waals surface area (Å²) >= 11 is 0. The first kappa shape index (κ1) is 27.3. The van der Waals surface area contributed by atoms with Gasteiger partial charge in [-0.25, -0.2) is 4.79 Å². The molecule has 0 radical (unpaired) electrons. The van der Waals surface area contributed by atoms with E-state index in [2.05, 4.69) is 6.92 Å². The fourth-order valence-electron chi connectivity index (χ4n) is 2.15. The van der Waals surface area contributed by atoms with Crippen molar-refractivity contribution in [3.8, 4) is 0 Å². The average Bonchev–Trinajstić information content (AvgIpc) is 2.56. The molecule has 28 heavy (non-hydrogen) atoms. The lowest BCUT2D eigenvalue weighted by Gasteiger charge is -2.22. The molecule has 0 aromatic carbocycles. The smallest absolute Gasteiger partial charge is 0.332 e. The number of carbonyl (C=O) groups is 5. The van der Waals surface area contributed by atoms with Gasteiger partial charge in [-0.05, 0) is 25.3 Å². The molecule has 0 aliphatic heterocycles. The van der Waals surface area contributed by atoms with Gasteiger partial charge in [0.15, 0.2) is 0 Å². The molecule has 0 aromatic rings. The molecular weight excluding hydrogens is 376 g/mol. The van der Waals surface area contributed by atoms with E-state index in [0.717, 1.165) is 25.7 Å². The molecule has 10 heteroatoms. The topological polar surface area (TPSA) is 186 Å². The molecule has 0 amide bonds. The first-order chi connectivity index (χ1) is 12.8. The Labute approximate surface area is 162 Å². The van der Waals surface area contributed by atoms with Gasteiger partial charge < -0.3 is 25.5 Å². The van der Waals surface area contributed by atoms with Gasteiger partial charge in [-0.2, -0.15) is 0 Å². The van der Waals surface area contributed by atoms with Crippen molar-refractivity contribution < 1.29 is 49.5 Å². The Morgan fingerprint density at radius 3 is 1.43 bits per heavy atom. The van der Waals surface area contributed by atoms with Crippen molar-refractivity contribution in [2.45, 2.75) is 65.7 Å². The number of unbranched alkanes of at least 4 members (excludes halogenated alkanes) is 1. The van der Waals surface area contributed by atoms with Crippen molar-refractivity contribution >= 4 is 29.8 Å². The van der Waals surface area contributed by atoms with Crippen molar-refractivity contribution in [2.24, 2.45) is 5.41 Å². The van der Waals surface area contributed by atoms with Crippen LogP contribution in [0.2, 0.25) is 0 Å². The van der Waals surface area contributed by atoms with Crippen LogP contribution >= 0.6 is 0 Å². The van der Waals surface area contributed by atoms with E-state index in [0.29, 0.717) is 0 Å². The maximum atomic E-state index is 10.8. The molecule has 0 aliphatic rings. The summed E-state index contributed by atoms with van der Waals surface area (Å²) < 4.78 is 0. The molecule has 0 bridgehead atoms. The zero-order valence-electron chi connectivity index (χ0n) is 16.2. The third-order valence-corrected chi connectivity index (χ3v) is 4.12. The fraction of sp³-hybridized carbons (Fsp3) is 0.611. The van der Waals surface area contributed by atoms with Crippen molar-refractivity contribution in [1.29, 1.82) is 0 Å². The lowest BCUT2D eigenvalue weighted by molar-refractivity contribution is -0.148. The van der Waals surface area contributed by atoms with Gasteiger partial charge in [0.05, 0.1) is 24.7 Å². The maximum absolute atomic E-state index is 10.8. The highest BCUT2D eigenvalue weighted by Gasteiger charge is 2.29. The van der Waals surface area contributed by atoms with Crippen LogP contribution < -0.4 is 0 Å². The van der Waals surface area contributed by atoms with Crippen LogP contribution in [0.15, 0.2) is 11.1 Å². The Morgan fingerprint density at radius 2 is 1.18 bits per heavy atom. The Morgan fingerprint density at radius 1 is 0.750 bits per heavy atom. The highest BCUT2D eigenvalue weighted by Crippen LogP contribution is 2.28. The summed E-state index contributed by atoms with van der Waals surface area (Å²) in [7, 11) is 0. The molecule has 1 unspecified atom stereocenters. The van der Waals surface area contributed by atoms with Gasteiger partial charge >= 0.3 is 29.8 Å². The SMILES string of the molecule is CCCCC(C)(CC)C(=O)O.O=C(O)CC(CC(=O)O)=C(CC(=O)O)C(=O)O. The average molecular weight is 404 g/mol. The van der Waals surface area contributed by atoms with Crippen molar-refractivity contribution in [3.05, 3.63) is 11.1 Å². The minimum atomic E-state index is -1.63. The molecule has 10 nitrogen and oxygen atoms in total. The molecule has 0 fully saturated rings. The standard InChI is InChI=1S/C9H10O8.C9H18O2/c10-6(11)1-4(2-7(12)13)5(9(16)17)3-8(14)15;1-4-6-7-9(3,5-2)8(10)11/h1-3H2,(H,10,11)(H,12,13)(H,14,15)(H,16,17);4-7H2,1-3H3,(H,10,11). The minimum absolute atomic E-state index is 0.431. The van der Waals surface area contributed by atoms with Crippen LogP contribution in [0.25, 0.3) is 0 Å². The molecule has 0 rings (SSSR count). The summed E-state index contributed by atoms with van der Waals surface area (Å²) in [6.45, 7) is 5.84. The molecule has 0 aromatic heterocycles. The van der Waals surface area contributed by atoms with Gasteiger partial charge in [0.1, 0.15) is 0 Å². The first-order valence-electron chi connectivity index (χ1n) is 8.63. The van der Waals surface area contributed by atoms with E-state index in [1.54, 1.807) is 0 Å². The number of rotatable bonds is 12. The summed E-state index contributed by atoms with van der Waals surface area (Å²) in [5.41, 5.74) is -1.63. The quantitative estimate of drug-likeness (QED) is 0.302. The predicted molar refractivity (Wildman–Crippen MR) is 97.0 cm³/mol. The van der Waals surface area contributed by atoms with Crippen LogP contribution in [0.3, 0.4) is 0 Å². The third-order valence-electron chi connectivity index (χ3n) is 4.12. The van der Waals surface area contributed by atoms with Crippen LogP contribution in [-0.2, 0) is 24.0 Å². The molecular formula is C18H28O10. The molecule has 0 aliphatic carbocycles. The van der Waals surface area contributed by atoms with Gasteiger partial charge in [-0.1, -0.05) is 26.7 Å². The second kappa shape index (κ2) is 13.3. The van der Waals surface area contributed by atoms with Crippen molar-refractivity contribution in [1.82, 2.24) is 0 Å². The number of aliphatic carboxylic acids is 5. The lowest BCUT2D eigenvalue weighted by atomic mass is 9.82. The van der Waals surface area contributed by atoms with Crippen LogP contribution in [0.1, 0.15) is 65.7 Å². The Kier molecular flexibility index (Phi) is 13.0. The van der Waals surface area contributed by atoms with Crippen LogP contribution in [0.4, 0.5) is 0 Å². The normalized spacial score (nSPS) is 12.0. The molecule has 160 valence electrons. The number of hydrogen-bond donors (Lipinski definition) is 5. The highest BCUT2D eigenvalue weighted by molar-refractivity contribution is 5.94. The maximum Gasteiger partial charge on any atom is 0.332 e. The highest BCUT2D eigenvalue weighted by atomic mass is 16.4. The number of carboxylic acid groups (broad SMARTS) is 5. The molecule has 1 atom stereocenters. The van der Waals surface area contributed by atoms with Gasteiger partial charge in [-0.15, -0.1) is 0 Å². The van der Waals surface area contributed by atoms with Crippen LogP contribution in [0.5, 0.6) is 0 Å². The van der Waals surface area contributed by atoms with Crippen molar-refractivity contribution in [2.75, 3.05) is 0 Å². The second-order valence-electron chi connectivity index (χ2n) is 6.42. The van der Waals surface area contributed by atoms with Gasteiger partial charge in [-0.3, -0.25) is 19.2 Å². The van der Waals surface area contributed by atoms with E-state index in [9.17, 15) is 24.0 Å². The summed E-state index contributed by atoms with van der Waals surface area (Å²) in [4.78, 5) is 52.8.